The lowest BCUT2D eigenvalue weighted by atomic mass is 9.96. The van der Waals surface area contributed by atoms with Gasteiger partial charge >= 0.3 is 0 Å². The topological polar surface area (TPSA) is 307 Å². The number of hydrogen-bond acceptors (Lipinski definition) is 18. The maximum absolute atomic E-state index is 13.2. The Morgan fingerprint density at radius 3 is 1.31 bits per heavy atom. The van der Waals surface area contributed by atoms with E-state index in [-0.39, 0.29) is 18.9 Å². The molecule has 3 heterocycles. The molecule has 12 N–H and O–H groups in total. The van der Waals surface area contributed by atoms with Gasteiger partial charge in [-0.05, 0) is 19.3 Å². The van der Waals surface area contributed by atoms with Crippen molar-refractivity contribution in [1.82, 2.24) is 5.32 Å². The molecule has 0 saturated carbocycles. The van der Waals surface area contributed by atoms with Gasteiger partial charge in [0.05, 0.1) is 38.6 Å². The van der Waals surface area contributed by atoms with E-state index in [0.717, 1.165) is 44.9 Å². The third-order valence-corrected chi connectivity index (χ3v) is 14.3. The van der Waals surface area contributed by atoms with Gasteiger partial charge in [0, 0.05) is 6.42 Å². The second-order valence-electron chi connectivity index (χ2n) is 20.4. The zero-order chi connectivity index (χ0) is 52.7. The number of ether oxygens (including phenoxy) is 6. The lowest BCUT2D eigenvalue weighted by Crippen LogP contribution is -2.66. The normalized spacial score (nSPS) is 32.0. The molecule has 3 saturated heterocycles. The highest BCUT2D eigenvalue weighted by Crippen LogP contribution is 2.33. The van der Waals surface area contributed by atoms with Crippen molar-refractivity contribution < 1.29 is 89.4 Å². The van der Waals surface area contributed by atoms with Crippen molar-refractivity contribution in [1.29, 1.82) is 0 Å². The summed E-state index contributed by atoms with van der Waals surface area (Å²) in [6, 6.07) is -0.965. The maximum atomic E-state index is 13.2. The summed E-state index contributed by atoms with van der Waals surface area (Å²) in [7, 11) is 0. The number of aliphatic hydroxyl groups is 11. The average Bonchev–Trinajstić information content (AvgIpc) is 3.37. The Kier molecular flexibility index (Phi) is 34.3. The number of allylic oxidation sites excluding steroid dienone is 1. The standard InChI is InChI=1S/C53H99NO18/c1-3-5-7-9-11-13-15-17-19-20-22-24-26-28-30-37(58)36(54-41(59)31-29-27-25-23-21-18-16-14-12-10-8-6-4-2)35-67-51-47(65)44(62)49(39(33-56)69-51)72-53-48(66)45(63)50(40(34-57)70-53)71-52-46(64)43(61)42(60)38(32-55)68-52/h28,30,36-40,42-53,55-58,60-66H,3-27,29,31-35H2,1-2H3,(H,54,59)/b30-28+. The number of aliphatic hydroxyl groups excluding tert-OH is 11. The zero-order valence-corrected chi connectivity index (χ0v) is 43.7. The number of rotatable bonds is 40. The third-order valence-electron chi connectivity index (χ3n) is 14.3. The van der Waals surface area contributed by atoms with E-state index in [1.165, 1.54) is 116 Å². The van der Waals surface area contributed by atoms with Crippen LogP contribution in [0.3, 0.4) is 0 Å². The third kappa shape index (κ3) is 23.0. The summed E-state index contributed by atoms with van der Waals surface area (Å²) in [5.74, 6) is -0.276. The summed E-state index contributed by atoms with van der Waals surface area (Å²) < 4.78 is 34.2. The van der Waals surface area contributed by atoms with Crippen LogP contribution in [-0.2, 0) is 33.2 Å². The van der Waals surface area contributed by atoms with Crippen molar-refractivity contribution in [3.8, 4) is 0 Å². The van der Waals surface area contributed by atoms with Crippen molar-refractivity contribution in [2.75, 3.05) is 26.4 Å². The molecule has 19 heteroatoms. The van der Waals surface area contributed by atoms with Gasteiger partial charge < -0.3 is 89.9 Å². The fourth-order valence-electron chi connectivity index (χ4n) is 9.66. The number of carbonyl (C=O) groups is 1. The quantitative estimate of drug-likeness (QED) is 0.0309. The van der Waals surface area contributed by atoms with Crippen LogP contribution in [-0.4, -0.2) is 193 Å². The molecule has 17 unspecified atom stereocenters. The van der Waals surface area contributed by atoms with Gasteiger partial charge in [-0.2, -0.15) is 0 Å². The summed E-state index contributed by atoms with van der Waals surface area (Å²) in [5, 5.41) is 120. The van der Waals surface area contributed by atoms with Crippen LogP contribution in [0, 0.1) is 0 Å². The van der Waals surface area contributed by atoms with Crippen LogP contribution in [0.1, 0.15) is 187 Å². The van der Waals surface area contributed by atoms with Gasteiger partial charge in [0.25, 0.3) is 0 Å². The molecule has 3 aliphatic heterocycles. The van der Waals surface area contributed by atoms with E-state index < -0.39 is 124 Å². The van der Waals surface area contributed by atoms with Gasteiger partial charge in [-0.15, -0.1) is 0 Å². The largest absolute Gasteiger partial charge is 0.394 e. The molecule has 0 radical (unpaired) electrons. The molecular weight excluding hydrogens is 939 g/mol. The molecule has 17 atom stereocenters. The molecular formula is C53H99NO18. The first-order valence-corrected chi connectivity index (χ1v) is 27.9. The van der Waals surface area contributed by atoms with Crippen LogP contribution in [0.5, 0.6) is 0 Å². The van der Waals surface area contributed by atoms with Gasteiger partial charge in [0.1, 0.15) is 73.2 Å². The Labute approximate surface area is 429 Å². The zero-order valence-electron chi connectivity index (χ0n) is 43.7. The fraction of sp³-hybridized carbons (Fsp3) is 0.943. The molecule has 72 heavy (non-hydrogen) atoms. The second kappa shape index (κ2) is 38.1. The average molecular weight is 1040 g/mol. The SMILES string of the molecule is CCCCCCCCCCCCCC/C=C/C(O)C(COC1OC(CO)C(OC2OC(CO)C(OC3OC(CO)C(O)C(O)C3O)C(O)C2O)C(O)C1O)NC(=O)CCCCCCCCCCCCCCC. The van der Waals surface area contributed by atoms with Crippen LogP contribution < -0.4 is 5.32 Å². The summed E-state index contributed by atoms with van der Waals surface area (Å²) in [6.07, 6.45) is 7.71. The first-order chi connectivity index (χ1) is 34.8. The maximum Gasteiger partial charge on any atom is 0.220 e. The number of nitrogens with one attached hydrogen (secondary N) is 1. The van der Waals surface area contributed by atoms with Crippen molar-refractivity contribution in [3.63, 3.8) is 0 Å². The molecule has 0 aromatic rings. The van der Waals surface area contributed by atoms with Crippen molar-refractivity contribution >= 4 is 5.91 Å². The van der Waals surface area contributed by atoms with E-state index in [1.54, 1.807) is 6.08 Å². The second-order valence-corrected chi connectivity index (χ2v) is 20.4. The number of hydrogen-bond donors (Lipinski definition) is 12. The summed E-state index contributed by atoms with van der Waals surface area (Å²) in [6.45, 7) is 1.70. The van der Waals surface area contributed by atoms with Crippen molar-refractivity contribution in [2.45, 2.75) is 291 Å². The molecule has 0 aliphatic carbocycles. The minimum Gasteiger partial charge on any atom is -0.394 e. The lowest BCUT2D eigenvalue weighted by Gasteiger charge is -2.48. The Morgan fingerprint density at radius 1 is 0.486 bits per heavy atom. The Morgan fingerprint density at radius 2 is 0.861 bits per heavy atom. The van der Waals surface area contributed by atoms with Gasteiger partial charge in [-0.25, -0.2) is 0 Å². The molecule has 0 bridgehead atoms. The van der Waals surface area contributed by atoms with Gasteiger partial charge in [0.2, 0.25) is 5.91 Å². The highest BCUT2D eigenvalue weighted by atomic mass is 16.8. The minimum absolute atomic E-state index is 0.248. The fourth-order valence-corrected chi connectivity index (χ4v) is 9.66. The molecule has 19 nitrogen and oxygen atoms in total. The smallest absolute Gasteiger partial charge is 0.220 e. The molecule has 424 valence electrons. The van der Waals surface area contributed by atoms with Crippen LogP contribution in [0.2, 0.25) is 0 Å². The molecule has 1 amide bonds. The van der Waals surface area contributed by atoms with Gasteiger partial charge in [0.15, 0.2) is 18.9 Å². The van der Waals surface area contributed by atoms with Crippen molar-refractivity contribution in [3.05, 3.63) is 12.2 Å². The van der Waals surface area contributed by atoms with Gasteiger partial charge in [-0.3, -0.25) is 4.79 Å². The van der Waals surface area contributed by atoms with E-state index in [4.69, 9.17) is 28.4 Å². The van der Waals surface area contributed by atoms with Crippen LogP contribution in [0.4, 0.5) is 0 Å². The van der Waals surface area contributed by atoms with Crippen molar-refractivity contribution in [2.24, 2.45) is 0 Å². The number of carbonyl (C=O) groups excluding carboxylic acids is 1. The summed E-state index contributed by atoms with van der Waals surface area (Å²) >= 11 is 0. The van der Waals surface area contributed by atoms with Crippen LogP contribution >= 0.6 is 0 Å². The predicted octanol–water partition coefficient (Wildman–Crippen LogP) is 3.43. The minimum atomic E-state index is -1.97. The Hall–Kier alpha value is -1.47. The summed E-state index contributed by atoms with van der Waals surface area (Å²) in [5.41, 5.74) is 0. The molecule has 3 fully saturated rings. The predicted molar refractivity (Wildman–Crippen MR) is 268 cm³/mol. The van der Waals surface area contributed by atoms with E-state index in [2.05, 4.69) is 19.2 Å². The highest BCUT2D eigenvalue weighted by Gasteiger charge is 2.53. The first kappa shape index (κ1) is 64.8. The monoisotopic (exact) mass is 1040 g/mol. The van der Waals surface area contributed by atoms with Crippen LogP contribution in [0.25, 0.3) is 0 Å². The van der Waals surface area contributed by atoms with E-state index in [1.807, 2.05) is 6.08 Å². The highest BCUT2D eigenvalue weighted by molar-refractivity contribution is 5.76. The molecule has 0 spiro atoms. The first-order valence-electron chi connectivity index (χ1n) is 27.9. The van der Waals surface area contributed by atoms with Crippen LogP contribution in [0.15, 0.2) is 12.2 Å². The molecule has 0 aromatic heterocycles. The molecule has 3 rings (SSSR count). The Balaban J connectivity index is 1.54. The molecule has 0 aromatic carbocycles. The Bertz CT molecular complexity index is 1380. The lowest BCUT2D eigenvalue weighted by molar-refractivity contribution is -0.379. The van der Waals surface area contributed by atoms with Gasteiger partial charge in [-0.1, -0.05) is 174 Å². The number of unbranched alkanes of at least 4 members (excludes halogenated alkanes) is 24. The van der Waals surface area contributed by atoms with E-state index in [0.29, 0.717) is 6.42 Å². The van der Waals surface area contributed by atoms with E-state index >= 15 is 0 Å². The number of amides is 1. The molecule has 3 aliphatic rings. The van der Waals surface area contributed by atoms with E-state index in [9.17, 15) is 61.0 Å². The summed E-state index contributed by atoms with van der Waals surface area (Å²) in [4.78, 5) is 13.2.